The number of carbonyl (C=O) groups is 1. The number of thiazole rings is 1. The van der Waals surface area contributed by atoms with Gasteiger partial charge in [0.25, 0.3) is 0 Å². The van der Waals surface area contributed by atoms with E-state index in [1.54, 1.807) is 11.3 Å². The molecular weight excluding hydrogens is 218 g/mol. The summed E-state index contributed by atoms with van der Waals surface area (Å²) in [6.07, 6.45) is 0. The van der Waals surface area contributed by atoms with Crippen LogP contribution in [0.1, 0.15) is 21.6 Å². The number of rotatable bonds is 3. The van der Waals surface area contributed by atoms with Crippen molar-refractivity contribution in [2.24, 2.45) is 0 Å². The fraction of sp³-hybridized carbons (Fsp3) is 0.231. The Morgan fingerprint density at radius 1 is 1.25 bits per heavy atom. The Morgan fingerprint density at radius 2 is 1.94 bits per heavy atom. The molecule has 0 saturated carbocycles. The first-order valence-corrected chi connectivity index (χ1v) is 6.13. The molecule has 0 amide bonds. The number of hydrogen-bond donors (Lipinski definition) is 0. The van der Waals surface area contributed by atoms with Gasteiger partial charge in [-0.25, -0.2) is 0 Å². The lowest BCUT2D eigenvalue weighted by molar-refractivity contribution is -0.684. The minimum atomic E-state index is 0.159. The number of hydrogen-bond acceptors (Lipinski definition) is 2. The van der Waals surface area contributed by atoms with Crippen LogP contribution in [0.4, 0.5) is 0 Å². The van der Waals surface area contributed by atoms with Crippen LogP contribution in [0.5, 0.6) is 0 Å². The number of benzene rings is 1. The smallest absolute Gasteiger partial charge is 0.227 e. The van der Waals surface area contributed by atoms with E-state index >= 15 is 0 Å². The third kappa shape index (κ3) is 2.36. The first-order chi connectivity index (χ1) is 7.66. The van der Waals surface area contributed by atoms with E-state index in [1.165, 1.54) is 5.56 Å². The average Bonchev–Trinajstić information content (AvgIpc) is 2.65. The van der Waals surface area contributed by atoms with E-state index in [0.29, 0.717) is 6.54 Å². The molecule has 2 nitrogen and oxygen atoms in total. The van der Waals surface area contributed by atoms with Gasteiger partial charge in [-0.15, -0.1) is 0 Å². The zero-order valence-electron chi connectivity index (χ0n) is 9.43. The molecule has 82 valence electrons. The molecule has 2 rings (SSSR count). The molecular formula is C13H14NOS+. The van der Waals surface area contributed by atoms with Crippen molar-refractivity contribution in [3.63, 3.8) is 0 Å². The average molecular weight is 232 g/mol. The lowest BCUT2D eigenvalue weighted by atomic mass is 10.1. The molecule has 1 heterocycles. The molecule has 0 fully saturated rings. The largest absolute Gasteiger partial charge is 0.287 e. The molecule has 0 atom stereocenters. The maximum absolute atomic E-state index is 12.0. The van der Waals surface area contributed by atoms with Crippen LogP contribution in [-0.4, -0.2) is 5.78 Å². The molecule has 0 saturated heterocycles. The van der Waals surface area contributed by atoms with Gasteiger partial charge in [-0.1, -0.05) is 41.2 Å². The second-order valence-electron chi connectivity index (χ2n) is 3.92. The van der Waals surface area contributed by atoms with Crippen LogP contribution in [0.3, 0.4) is 0 Å². The zero-order valence-corrected chi connectivity index (χ0v) is 10.3. The second kappa shape index (κ2) is 4.58. The van der Waals surface area contributed by atoms with E-state index in [2.05, 4.69) is 0 Å². The molecule has 0 aliphatic heterocycles. The third-order valence-corrected chi connectivity index (χ3v) is 3.42. The summed E-state index contributed by atoms with van der Waals surface area (Å²) in [5.74, 6) is 0.159. The van der Waals surface area contributed by atoms with Crippen molar-refractivity contribution in [2.75, 3.05) is 0 Å². The Hall–Kier alpha value is -1.48. The van der Waals surface area contributed by atoms with Crippen molar-refractivity contribution in [1.82, 2.24) is 0 Å². The van der Waals surface area contributed by atoms with Crippen LogP contribution in [0, 0.1) is 13.8 Å². The van der Waals surface area contributed by atoms with Crippen LogP contribution in [0.25, 0.3) is 0 Å². The first-order valence-electron chi connectivity index (χ1n) is 5.19. The van der Waals surface area contributed by atoms with Crippen molar-refractivity contribution < 1.29 is 9.36 Å². The van der Waals surface area contributed by atoms with E-state index in [9.17, 15) is 4.79 Å². The predicted molar refractivity (Wildman–Crippen MR) is 64.8 cm³/mol. The summed E-state index contributed by atoms with van der Waals surface area (Å²) < 4.78 is 1.98. The Balaban J connectivity index is 2.15. The number of aryl methyl sites for hydroxylation is 2. The Morgan fingerprint density at radius 3 is 2.50 bits per heavy atom. The molecule has 0 N–H and O–H groups in total. The van der Waals surface area contributed by atoms with Crippen molar-refractivity contribution in [3.05, 3.63) is 52.0 Å². The summed E-state index contributed by atoms with van der Waals surface area (Å²) in [6, 6.07) is 7.72. The number of Topliss-reactive ketones (excluding diaryl/α,β-unsaturated/α-hetero) is 1. The molecule has 0 spiro atoms. The summed E-state index contributed by atoms with van der Waals surface area (Å²) in [6.45, 7) is 4.46. The van der Waals surface area contributed by atoms with Crippen LogP contribution < -0.4 is 4.57 Å². The summed E-state index contributed by atoms with van der Waals surface area (Å²) in [5, 5.41) is 2.04. The number of aromatic nitrogens is 1. The summed E-state index contributed by atoms with van der Waals surface area (Å²) >= 11 is 1.62. The second-order valence-corrected chi connectivity index (χ2v) is 4.64. The molecule has 0 aliphatic carbocycles. The Bertz CT molecular complexity index is 499. The Kier molecular flexibility index (Phi) is 3.15. The zero-order chi connectivity index (χ0) is 11.5. The third-order valence-electron chi connectivity index (χ3n) is 2.57. The molecule has 3 heteroatoms. The lowest BCUT2D eigenvalue weighted by Crippen LogP contribution is -2.38. The van der Waals surface area contributed by atoms with E-state index < -0.39 is 0 Å². The maximum Gasteiger partial charge on any atom is 0.227 e. The summed E-state index contributed by atoms with van der Waals surface area (Å²) in [5.41, 5.74) is 5.06. The number of nitrogens with zero attached hydrogens (tertiary/aromatic N) is 1. The van der Waals surface area contributed by atoms with Crippen molar-refractivity contribution in [3.8, 4) is 0 Å². The van der Waals surface area contributed by atoms with Crippen molar-refractivity contribution in [2.45, 2.75) is 20.4 Å². The van der Waals surface area contributed by atoms with Gasteiger partial charge in [0.2, 0.25) is 17.8 Å². The van der Waals surface area contributed by atoms with E-state index in [4.69, 9.17) is 0 Å². The normalized spacial score (nSPS) is 10.4. The van der Waals surface area contributed by atoms with E-state index in [1.807, 2.05) is 53.6 Å². The highest BCUT2D eigenvalue weighted by Crippen LogP contribution is 2.05. The molecule has 0 unspecified atom stereocenters. The molecule has 0 radical (unpaired) electrons. The van der Waals surface area contributed by atoms with E-state index in [0.717, 1.165) is 11.3 Å². The molecule has 0 aliphatic rings. The number of carbonyl (C=O) groups excluding carboxylic acids is 1. The summed E-state index contributed by atoms with van der Waals surface area (Å²) in [7, 11) is 0. The quantitative estimate of drug-likeness (QED) is 0.588. The van der Waals surface area contributed by atoms with Gasteiger partial charge in [-0.2, -0.15) is 4.57 Å². The van der Waals surface area contributed by atoms with Gasteiger partial charge >= 0.3 is 0 Å². The maximum atomic E-state index is 12.0. The number of ketones is 1. The van der Waals surface area contributed by atoms with Gasteiger partial charge in [0.05, 0.1) is 5.38 Å². The minimum Gasteiger partial charge on any atom is -0.287 e. The van der Waals surface area contributed by atoms with E-state index in [-0.39, 0.29) is 5.78 Å². The molecule has 16 heavy (non-hydrogen) atoms. The van der Waals surface area contributed by atoms with Gasteiger partial charge in [-0.3, -0.25) is 4.79 Å². The molecule has 0 bridgehead atoms. The predicted octanol–water partition coefficient (Wildman–Crippen LogP) is 2.54. The highest BCUT2D eigenvalue weighted by atomic mass is 32.1. The minimum absolute atomic E-state index is 0.159. The van der Waals surface area contributed by atoms with Crippen LogP contribution in [-0.2, 0) is 6.54 Å². The van der Waals surface area contributed by atoms with Gasteiger partial charge in [-0.05, 0) is 6.92 Å². The lowest BCUT2D eigenvalue weighted by Gasteiger charge is -1.98. The monoisotopic (exact) mass is 232 g/mol. The van der Waals surface area contributed by atoms with Crippen molar-refractivity contribution >= 4 is 17.1 Å². The van der Waals surface area contributed by atoms with Crippen LogP contribution in [0.15, 0.2) is 35.2 Å². The molecule has 1 aromatic heterocycles. The fourth-order valence-corrected chi connectivity index (χ4v) is 2.28. The van der Waals surface area contributed by atoms with Gasteiger partial charge in [0.15, 0.2) is 5.69 Å². The topological polar surface area (TPSA) is 20.9 Å². The van der Waals surface area contributed by atoms with Crippen LogP contribution in [0.2, 0.25) is 0 Å². The van der Waals surface area contributed by atoms with Crippen molar-refractivity contribution in [1.29, 1.82) is 0 Å². The SMILES string of the molecule is Cc1ccc(C(=O)C[n+]2cscc2C)cc1. The first kappa shape index (κ1) is 11.0. The van der Waals surface area contributed by atoms with Gasteiger partial charge in [0.1, 0.15) is 0 Å². The standard InChI is InChI=1S/C13H14NOS/c1-10-3-5-12(6-4-10)13(15)7-14-9-16-8-11(14)2/h3-6,8-9H,7H2,1-2H3/q+1. The fourth-order valence-electron chi connectivity index (χ4n) is 1.50. The Labute approximate surface area is 99.2 Å². The van der Waals surface area contributed by atoms with Gasteiger partial charge < -0.3 is 0 Å². The molecule has 2 aromatic rings. The van der Waals surface area contributed by atoms with Crippen LogP contribution >= 0.6 is 11.3 Å². The highest BCUT2D eigenvalue weighted by molar-refractivity contribution is 7.07. The molecule has 1 aromatic carbocycles. The highest BCUT2D eigenvalue weighted by Gasteiger charge is 2.14. The summed E-state index contributed by atoms with van der Waals surface area (Å²) in [4.78, 5) is 12.0. The van der Waals surface area contributed by atoms with Gasteiger partial charge in [0, 0.05) is 12.5 Å².